The summed E-state index contributed by atoms with van der Waals surface area (Å²) >= 11 is 4.02. The molecule has 3 rings (SSSR count). The summed E-state index contributed by atoms with van der Waals surface area (Å²) in [6.45, 7) is -0.826. The molecule has 4 unspecified atom stereocenters. The molecule has 12 nitrogen and oxygen atoms in total. The minimum atomic E-state index is -1.50. The number of carboxylic acid groups (broad SMARTS) is 1. The molecule has 0 bridgehead atoms. The maximum absolute atomic E-state index is 13.2. The molecule has 3 aromatic rings. The number of carbonyl (C=O) groups excluding carboxylic acids is 3. The van der Waals surface area contributed by atoms with Gasteiger partial charge in [0.2, 0.25) is 17.7 Å². The quantitative estimate of drug-likeness (QED) is 0.124. The highest BCUT2D eigenvalue weighted by Gasteiger charge is 2.30. The van der Waals surface area contributed by atoms with Gasteiger partial charge in [-0.3, -0.25) is 14.4 Å². The number of rotatable bonds is 13. The average molecular weight is 558 g/mol. The zero-order valence-electron chi connectivity index (χ0n) is 20.8. The number of phenols is 1. The number of amides is 3. The van der Waals surface area contributed by atoms with E-state index in [1.54, 1.807) is 6.20 Å². The van der Waals surface area contributed by atoms with Gasteiger partial charge < -0.3 is 42.0 Å². The number of aromatic nitrogens is 1. The lowest BCUT2D eigenvalue weighted by Crippen LogP contribution is -2.58. The van der Waals surface area contributed by atoms with E-state index in [4.69, 9.17) is 5.73 Å². The number of phenolic OH excluding ortho intramolecular Hbond substituents is 1. The highest BCUT2D eigenvalue weighted by Crippen LogP contribution is 2.19. The van der Waals surface area contributed by atoms with Crippen molar-refractivity contribution in [2.75, 3.05) is 12.4 Å². The molecule has 0 fully saturated rings. The number of hydrogen-bond acceptors (Lipinski definition) is 8. The summed E-state index contributed by atoms with van der Waals surface area (Å²) in [4.78, 5) is 53.4. The van der Waals surface area contributed by atoms with E-state index in [0.29, 0.717) is 5.56 Å². The number of H-pyrrole nitrogens is 1. The molecule has 39 heavy (non-hydrogen) atoms. The van der Waals surface area contributed by atoms with Crippen LogP contribution in [0.4, 0.5) is 0 Å². The number of hydrogen-bond donors (Lipinski definition) is 9. The average Bonchev–Trinajstić information content (AvgIpc) is 3.33. The number of aliphatic carboxylic acids is 1. The molecule has 0 aliphatic rings. The Labute approximate surface area is 229 Å². The number of nitrogens with one attached hydrogen (secondary N) is 4. The van der Waals surface area contributed by atoms with E-state index >= 15 is 0 Å². The van der Waals surface area contributed by atoms with Crippen molar-refractivity contribution in [1.29, 1.82) is 0 Å². The Bertz CT molecular complexity index is 1310. The largest absolute Gasteiger partial charge is 0.508 e. The molecule has 0 radical (unpaired) electrons. The summed E-state index contributed by atoms with van der Waals surface area (Å²) in [5, 5.41) is 36.9. The molecule has 13 heteroatoms. The Kier molecular flexibility index (Phi) is 10.3. The first-order chi connectivity index (χ1) is 18.6. The van der Waals surface area contributed by atoms with Crippen molar-refractivity contribution in [2.24, 2.45) is 5.73 Å². The lowest BCUT2D eigenvalue weighted by atomic mass is 10.0. The highest BCUT2D eigenvalue weighted by molar-refractivity contribution is 7.80. The number of aromatic hydroxyl groups is 1. The minimum absolute atomic E-state index is 0.00215. The Morgan fingerprint density at radius 1 is 0.872 bits per heavy atom. The van der Waals surface area contributed by atoms with Gasteiger partial charge in [-0.05, 0) is 29.3 Å². The molecule has 208 valence electrons. The second-order valence-corrected chi connectivity index (χ2v) is 9.29. The smallest absolute Gasteiger partial charge is 0.326 e. The molecule has 1 aromatic heterocycles. The number of aliphatic hydroxyl groups is 1. The molecule has 0 aliphatic heterocycles. The van der Waals surface area contributed by atoms with Crippen LogP contribution in [-0.2, 0) is 32.0 Å². The van der Waals surface area contributed by atoms with E-state index in [9.17, 15) is 34.5 Å². The van der Waals surface area contributed by atoms with Crippen LogP contribution in [0.3, 0.4) is 0 Å². The predicted molar refractivity (Wildman–Crippen MR) is 146 cm³/mol. The van der Waals surface area contributed by atoms with E-state index in [2.05, 4.69) is 33.6 Å². The fourth-order valence-electron chi connectivity index (χ4n) is 3.90. The Morgan fingerprint density at radius 2 is 1.49 bits per heavy atom. The van der Waals surface area contributed by atoms with Gasteiger partial charge in [-0.2, -0.15) is 12.6 Å². The molecule has 0 saturated heterocycles. The summed E-state index contributed by atoms with van der Waals surface area (Å²) in [7, 11) is 0. The fourth-order valence-corrected chi connectivity index (χ4v) is 4.06. The zero-order valence-corrected chi connectivity index (χ0v) is 21.7. The van der Waals surface area contributed by atoms with Crippen LogP contribution in [-0.4, -0.2) is 80.5 Å². The van der Waals surface area contributed by atoms with Crippen LogP contribution < -0.4 is 21.7 Å². The lowest BCUT2D eigenvalue weighted by Gasteiger charge is -2.24. The van der Waals surface area contributed by atoms with Crippen molar-refractivity contribution >= 4 is 47.2 Å². The van der Waals surface area contributed by atoms with Gasteiger partial charge in [0.05, 0.1) is 12.6 Å². The second kappa shape index (κ2) is 13.6. The topological polar surface area (TPSA) is 207 Å². The number of aliphatic hydroxyl groups excluding tert-OH is 1. The van der Waals surface area contributed by atoms with Crippen molar-refractivity contribution in [3.05, 3.63) is 65.9 Å². The Morgan fingerprint density at radius 3 is 2.13 bits per heavy atom. The molecule has 9 N–H and O–H groups in total. The number of carboxylic acids is 1. The van der Waals surface area contributed by atoms with Crippen molar-refractivity contribution < 1.29 is 34.5 Å². The second-order valence-electron chi connectivity index (χ2n) is 8.93. The van der Waals surface area contributed by atoms with Gasteiger partial charge in [0.25, 0.3) is 0 Å². The number of aromatic amines is 1. The van der Waals surface area contributed by atoms with Gasteiger partial charge in [0.15, 0.2) is 0 Å². The molecule has 1 heterocycles. The predicted octanol–water partition coefficient (Wildman–Crippen LogP) is -0.553. The molecular weight excluding hydrogens is 526 g/mol. The molecule has 0 aliphatic carbocycles. The number of fused-ring (bicyclic) bond motifs is 1. The Balaban J connectivity index is 1.74. The number of benzene rings is 2. The first-order valence-corrected chi connectivity index (χ1v) is 12.7. The number of carbonyl (C=O) groups is 4. The van der Waals surface area contributed by atoms with Crippen molar-refractivity contribution in [2.45, 2.75) is 37.0 Å². The molecular formula is C26H31N5O7S. The van der Waals surface area contributed by atoms with Gasteiger partial charge in [-0.15, -0.1) is 0 Å². The normalized spacial score (nSPS) is 14.1. The zero-order chi connectivity index (χ0) is 28.5. The third-order valence-corrected chi connectivity index (χ3v) is 6.47. The van der Waals surface area contributed by atoms with Gasteiger partial charge in [-0.1, -0.05) is 30.3 Å². The van der Waals surface area contributed by atoms with Gasteiger partial charge in [0, 0.05) is 35.7 Å². The van der Waals surface area contributed by atoms with Crippen molar-refractivity contribution in [1.82, 2.24) is 20.9 Å². The minimum Gasteiger partial charge on any atom is -0.508 e. The number of thiol groups is 1. The molecule has 0 saturated carbocycles. The van der Waals surface area contributed by atoms with E-state index in [1.807, 2.05) is 24.3 Å². The molecule has 4 atom stereocenters. The van der Waals surface area contributed by atoms with E-state index in [-0.39, 0.29) is 24.3 Å². The summed E-state index contributed by atoms with van der Waals surface area (Å²) in [6.07, 6.45) is 1.64. The van der Waals surface area contributed by atoms with Crippen LogP contribution >= 0.6 is 12.6 Å². The van der Waals surface area contributed by atoms with Crippen LogP contribution in [0.15, 0.2) is 54.7 Å². The number of para-hydroxylation sites is 1. The van der Waals surface area contributed by atoms with Crippen LogP contribution in [0.2, 0.25) is 0 Å². The van der Waals surface area contributed by atoms with Gasteiger partial charge >= 0.3 is 5.97 Å². The van der Waals surface area contributed by atoms with Crippen LogP contribution in [0.25, 0.3) is 10.9 Å². The lowest BCUT2D eigenvalue weighted by molar-refractivity contribution is -0.142. The van der Waals surface area contributed by atoms with Crippen LogP contribution in [0.1, 0.15) is 11.1 Å². The van der Waals surface area contributed by atoms with Crippen LogP contribution in [0.5, 0.6) is 5.75 Å². The highest BCUT2D eigenvalue weighted by atomic mass is 32.1. The monoisotopic (exact) mass is 557 g/mol. The number of nitrogens with two attached hydrogens (primary N) is 1. The summed E-state index contributed by atoms with van der Waals surface area (Å²) < 4.78 is 0. The van der Waals surface area contributed by atoms with E-state index < -0.39 is 54.5 Å². The standard InChI is InChI=1S/C26H31N5O7S/c27-18(13-39)23(34)29-20(10-15-11-28-19-4-2-1-3-17(15)19)24(35)31-22(12-32)25(36)30-21(26(37)38)9-14-5-7-16(33)8-6-14/h1-8,11,18,20-22,28,32-33,39H,9-10,12-13,27H2,(H,29,34)(H,30,36)(H,31,35)(H,37,38). The first kappa shape index (κ1) is 29.5. The molecule has 2 aromatic carbocycles. The third-order valence-electron chi connectivity index (χ3n) is 6.07. The maximum Gasteiger partial charge on any atom is 0.326 e. The summed E-state index contributed by atoms with van der Waals surface area (Å²) in [5.74, 6) is -3.63. The maximum atomic E-state index is 13.2. The summed E-state index contributed by atoms with van der Waals surface area (Å²) in [5.41, 5.74) is 7.84. The fraction of sp³-hybridized carbons (Fsp3) is 0.308. The first-order valence-electron chi connectivity index (χ1n) is 12.1. The van der Waals surface area contributed by atoms with Gasteiger partial charge in [-0.25, -0.2) is 4.79 Å². The van der Waals surface area contributed by atoms with Crippen molar-refractivity contribution in [3.8, 4) is 5.75 Å². The van der Waals surface area contributed by atoms with Crippen LogP contribution in [0, 0.1) is 0 Å². The third kappa shape index (κ3) is 7.96. The summed E-state index contributed by atoms with van der Waals surface area (Å²) in [6, 6.07) is 8.13. The Hall–Kier alpha value is -4.07. The van der Waals surface area contributed by atoms with E-state index in [0.717, 1.165) is 16.5 Å². The van der Waals surface area contributed by atoms with E-state index in [1.165, 1.54) is 24.3 Å². The molecule has 3 amide bonds. The van der Waals surface area contributed by atoms with Gasteiger partial charge in [0.1, 0.15) is 23.9 Å². The molecule has 0 spiro atoms. The van der Waals surface area contributed by atoms with Crippen molar-refractivity contribution in [3.63, 3.8) is 0 Å². The SMILES string of the molecule is NC(CS)C(=O)NC(Cc1c[nH]c2ccccc12)C(=O)NC(CO)C(=O)NC(Cc1ccc(O)cc1)C(=O)O.